The number of hydrogen-bond acceptors (Lipinski definition) is 5. The number of benzene rings is 2. The Morgan fingerprint density at radius 3 is 2.19 bits per heavy atom. The van der Waals surface area contributed by atoms with Crippen molar-refractivity contribution in [3.8, 4) is 0 Å². The first-order valence-electron chi connectivity index (χ1n) is 10.5. The summed E-state index contributed by atoms with van der Waals surface area (Å²) in [6.45, 7) is 7.72. The third-order valence-electron chi connectivity index (χ3n) is 4.84. The fourth-order valence-electron chi connectivity index (χ4n) is 3.12. The van der Waals surface area contributed by atoms with Crippen LogP contribution in [0.3, 0.4) is 0 Å². The molecule has 0 atom stereocenters. The second-order valence-corrected chi connectivity index (χ2v) is 9.34. The molecule has 7 nitrogen and oxygen atoms in total. The summed E-state index contributed by atoms with van der Waals surface area (Å²) in [5, 5.41) is 5.46. The lowest BCUT2D eigenvalue weighted by molar-refractivity contribution is -0.113. The molecule has 0 heterocycles. The van der Waals surface area contributed by atoms with Crippen LogP contribution in [0.4, 0.5) is 5.69 Å². The van der Waals surface area contributed by atoms with Crippen LogP contribution in [0.15, 0.2) is 54.6 Å². The number of carbonyl (C=O) groups is 2. The third kappa shape index (κ3) is 8.90. The summed E-state index contributed by atoms with van der Waals surface area (Å²) in [6.07, 6.45) is 0.870. The molecule has 168 valence electrons. The summed E-state index contributed by atoms with van der Waals surface area (Å²) < 4.78 is 24.7. The van der Waals surface area contributed by atoms with E-state index in [1.54, 1.807) is 48.5 Å². The Hall–Kier alpha value is -2.71. The predicted molar refractivity (Wildman–Crippen MR) is 124 cm³/mol. The lowest BCUT2D eigenvalue weighted by atomic mass is 10.1. The van der Waals surface area contributed by atoms with Gasteiger partial charge in [-0.2, -0.15) is 0 Å². The van der Waals surface area contributed by atoms with Crippen molar-refractivity contribution in [3.05, 3.63) is 65.7 Å². The Kier molecular flexibility index (Phi) is 9.68. The average molecular weight is 446 g/mol. The maximum absolute atomic E-state index is 12.4. The molecule has 31 heavy (non-hydrogen) atoms. The maximum atomic E-state index is 12.4. The molecule has 0 aliphatic carbocycles. The highest BCUT2D eigenvalue weighted by molar-refractivity contribution is 7.91. The molecule has 0 aliphatic rings. The molecule has 2 aromatic rings. The van der Waals surface area contributed by atoms with Gasteiger partial charge >= 0.3 is 0 Å². The van der Waals surface area contributed by atoms with Gasteiger partial charge < -0.3 is 15.5 Å². The van der Waals surface area contributed by atoms with Crippen molar-refractivity contribution in [1.82, 2.24) is 10.2 Å². The minimum absolute atomic E-state index is 0.184. The molecule has 0 saturated carbocycles. The molecule has 2 amide bonds. The number of carbonyl (C=O) groups excluding carboxylic acids is 2. The molecule has 2 aromatic carbocycles. The Bertz CT molecular complexity index is 941. The topological polar surface area (TPSA) is 95.6 Å². The van der Waals surface area contributed by atoms with E-state index in [2.05, 4.69) is 29.4 Å². The lowest BCUT2D eigenvalue weighted by Gasteiger charge is -2.17. The van der Waals surface area contributed by atoms with E-state index in [0.29, 0.717) is 23.4 Å². The number of hydrogen-bond donors (Lipinski definition) is 2. The van der Waals surface area contributed by atoms with Crippen LogP contribution in [0.1, 0.15) is 36.2 Å². The van der Waals surface area contributed by atoms with Gasteiger partial charge in [0.2, 0.25) is 5.91 Å². The summed E-state index contributed by atoms with van der Waals surface area (Å²) in [7, 11) is -3.64. The van der Waals surface area contributed by atoms with Crippen LogP contribution in [0.2, 0.25) is 0 Å². The van der Waals surface area contributed by atoms with Gasteiger partial charge in [-0.05, 0) is 55.9 Å². The minimum atomic E-state index is -3.64. The van der Waals surface area contributed by atoms with Crippen molar-refractivity contribution in [2.45, 2.75) is 26.0 Å². The highest BCUT2D eigenvalue weighted by Gasteiger charge is 2.18. The molecule has 0 bridgehead atoms. The second kappa shape index (κ2) is 12.2. The van der Waals surface area contributed by atoms with Crippen molar-refractivity contribution >= 4 is 27.3 Å². The Balaban J connectivity index is 1.82. The number of anilines is 1. The van der Waals surface area contributed by atoms with Crippen molar-refractivity contribution in [3.63, 3.8) is 0 Å². The molecule has 0 aliphatic heterocycles. The molecule has 8 heteroatoms. The van der Waals surface area contributed by atoms with Crippen LogP contribution in [0.5, 0.6) is 0 Å². The van der Waals surface area contributed by atoms with Gasteiger partial charge in [0.15, 0.2) is 9.84 Å². The summed E-state index contributed by atoms with van der Waals surface area (Å²) in [6, 6.07) is 15.1. The number of para-hydroxylation sites is 1. The zero-order valence-electron chi connectivity index (χ0n) is 18.1. The van der Waals surface area contributed by atoms with Crippen LogP contribution in [-0.4, -0.2) is 57.1 Å². The molecular formula is C23H31N3O4S. The Labute approximate surface area is 184 Å². The standard InChI is InChI=1S/C23H31N3O4S/c1-3-26(4-2)16-8-15-24-23(28)20-13-11-19(12-14-20)17-31(29,30)18-22(27)25-21-9-6-5-7-10-21/h5-7,9-14H,3-4,8,15-18H2,1-2H3,(H,24,28)(H,25,27). The van der Waals surface area contributed by atoms with Gasteiger partial charge in [0.1, 0.15) is 5.75 Å². The molecule has 2 N–H and O–H groups in total. The average Bonchev–Trinajstić information content (AvgIpc) is 2.74. The molecule has 0 unspecified atom stereocenters. The lowest BCUT2D eigenvalue weighted by Crippen LogP contribution is -2.29. The molecule has 0 fully saturated rings. The van der Waals surface area contributed by atoms with Gasteiger partial charge in [0.25, 0.3) is 5.91 Å². The van der Waals surface area contributed by atoms with Crippen LogP contribution in [-0.2, 0) is 20.4 Å². The second-order valence-electron chi connectivity index (χ2n) is 7.28. The van der Waals surface area contributed by atoms with Crippen molar-refractivity contribution in [2.24, 2.45) is 0 Å². The molecule has 0 spiro atoms. The van der Waals surface area contributed by atoms with Crippen LogP contribution in [0.25, 0.3) is 0 Å². The van der Waals surface area contributed by atoms with Crippen molar-refractivity contribution in [2.75, 3.05) is 37.2 Å². The van der Waals surface area contributed by atoms with Gasteiger partial charge in [-0.15, -0.1) is 0 Å². The minimum Gasteiger partial charge on any atom is -0.352 e. The van der Waals surface area contributed by atoms with Gasteiger partial charge in [-0.1, -0.05) is 44.2 Å². The Morgan fingerprint density at radius 1 is 0.935 bits per heavy atom. The highest BCUT2D eigenvalue weighted by Crippen LogP contribution is 2.11. The first-order chi connectivity index (χ1) is 14.8. The zero-order valence-corrected chi connectivity index (χ0v) is 19.0. The van der Waals surface area contributed by atoms with E-state index in [-0.39, 0.29) is 11.7 Å². The normalized spacial score (nSPS) is 11.3. The van der Waals surface area contributed by atoms with Crippen molar-refractivity contribution < 1.29 is 18.0 Å². The van der Waals surface area contributed by atoms with E-state index in [9.17, 15) is 18.0 Å². The summed E-state index contributed by atoms with van der Waals surface area (Å²) in [5.41, 5.74) is 1.56. The highest BCUT2D eigenvalue weighted by atomic mass is 32.2. The Morgan fingerprint density at radius 2 is 1.58 bits per heavy atom. The quantitative estimate of drug-likeness (QED) is 0.490. The molecule has 0 radical (unpaired) electrons. The smallest absolute Gasteiger partial charge is 0.251 e. The van der Waals surface area contributed by atoms with Gasteiger partial charge in [-0.25, -0.2) is 8.42 Å². The predicted octanol–water partition coefficient (Wildman–Crippen LogP) is 2.70. The monoisotopic (exact) mass is 445 g/mol. The molecular weight excluding hydrogens is 414 g/mol. The van der Waals surface area contributed by atoms with Gasteiger partial charge in [0, 0.05) is 17.8 Å². The number of amides is 2. The van der Waals surface area contributed by atoms with Gasteiger partial charge in [-0.3, -0.25) is 9.59 Å². The number of sulfone groups is 1. The van der Waals surface area contributed by atoms with E-state index in [4.69, 9.17) is 0 Å². The van der Waals surface area contributed by atoms with E-state index >= 15 is 0 Å². The number of nitrogens with one attached hydrogen (secondary N) is 2. The molecule has 0 saturated heterocycles. The van der Waals surface area contributed by atoms with Crippen LogP contribution >= 0.6 is 0 Å². The summed E-state index contributed by atoms with van der Waals surface area (Å²) >= 11 is 0. The fraction of sp³-hybridized carbons (Fsp3) is 0.391. The van der Waals surface area contributed by atoms with E-state index in [1.165, 1.54) is 0 Å². The van der Waals surface area contributed by atoms with Crippen LogP contribution in [0, 0.1) is 0 Å². The SMILES string of the molecule is CCN(CC)CCCNC(=O)c1ccc(CS(=O)(=O)CC(=O)Nc2ccccc2)cc1. The first kappa shape index (κ1) is 24.6. The molecule has 0 aromatic heterocycles. The van der Waals surface area contributed by atoms with Crippen LogP contribution < -0.4 is 10.6 Å². The fourth-order valence-corrected chi connectivity index (χ4v) is 4.40. The zero-order chi connectivity index (χ0) is 22.7. The van der Waals surface area contributed by atoms with E-state index < -0.39 is 21.5 Å². The van der Waals surface area contributed by atoms with Gasteiger partial charge in [0.05, 0.1) is 5.75 Å². The first-order valence-corrected chi connectivity index (χ1v) is 12.3. The summed E-state index contributed by atoms with van der Waals surface area (Å²) in [4.78, 5) is 26.6. The maximum Gasteiger partial charge on any atom is 0.251 e. The molecule has 2 rings (SSSR count). The van der Waals surface area contributed by atoms with Crippen molar-refractivity contribution in [1.29, 1.82) is 0 Å². The van der Waals surface area contributed by atoms with E-state index in [1.807, 2.05) is 6.07 Å². The largest absolute Gasteiger partial charge is 0.352 e. The number of nitrogens with zero attached hydrogens (tertiary/aromatic N) is 1. The van der Waals surface area contributed by atoms with E-state index in [0.717, 1.165) is 26.1 Å². The third-order valence-corrected chi connectivity index (χ3v) is 6.32. The summed E-state index contributed by atoms with van der Waals surface area (Å²) in [5.74, 6) is -1.62. The number of rotatable bonds is 12.